The van der Waals surface area contributed by atoms with Crippen LogP contribution in [0.3, 0.4) is 0 Å². The van der Waals surface area contributed by atoms with Crippen molar-refractivity contribution >= 4 is 19.0 Å². The van der Waals surface area contributed by atoms with Crippen molar-refractivity contribution in [2.75, 3.05) is 0 Å². The molecule has 0 radical (unpaired) electrons. The van der Waals surface area contributed by atoms with E-state index in [0.717, 1.165) is 0 Å². The fourth-order valence-electron chi connectivity index (χ4n) is 6.88. The summed E-state index contributed by atoms with van der Waals surface area (Å²) in [6, 6.07) is 21.1. The molecule has 0 heterocycles. The molecule has 0 amide bonds. The Morgan fingerprint density at radius 2 is 1.09 bits per heavy atom. The third-order valence-corrected chi connectivity index (χ3v) is 26.3. The normalized spacial score (nSPS) is 18.6. The van der Waals surface area contributed by atoms with Crippen LogP contribution in [0.25, 0.3) is 12.2 Å². The first-order chi connectivity index (χ1) is 15.7. The van der Waals surface area contributed by atoms with Gasteiger partial charge in [-0.25, -0.2) is 0 Å². The molecule has 3 aromatic rings. The Kier molecular flexibility index (Phi) is 8.65. The number of halogens is 2. The van der Waals surface area contributed by atoms with Gasteiger partial charge in [0, 0.05) is 0 Å². The number of hydrogen-bond acceptors (Lipinski definition) is 0. The third kappa shape index (κ3) is 4.89. The number of allylic oxidation sites excluding steroid dienone is 2. The second kappa shape index (κ2) is 10.7. The van der Waals surface area contributed by atoms with E-state index in [1.807, 2.05) is 0 Å². The molecule has 0 aliphatic heterocycles. The standard InChI is InChI=1S/2C12H13.C7H7.2ClH.H2Si.Zr/c2*1-8-4-10(3)12-7-9(2)6-11(12)5-8;1-7-5-3-2-4-6-7;;;;/h2*4-7H,1-3H3;2-6H,1H2;2*1H;1H2;/q;;;;;;+2/p-2. The van der Waals surface area contributed by atoms with Gasteiger partial charge < -0.3 is 24.8 Å². The van der Waals surface area contributed by atoms with Gasteiger partial charge >= 0.3 is 207 Å². The zero-order valence-electron chi connectivity index (χ0n) is 21.7. The Bertz CT molecular complexity index is 1300. The molecule has 2 aliphatic carbocycles. The van der Waals surface area contributed by atoms with Crippen molar-refractivity contribution in [3.63, 3.8) is 0 Å². The zero-order valence-corrected chi connectivity index (χ0v) is 27.1. The monoisotopic (exact) mass is 595 g/mol. The average molecular weight is 598 g/mol. The largest absolute Gasteiger partial charge is 1.00 e. The topological polar surface area (TPSA) is 0 Å². The molecule has 0 saturated carbocycles. The van der Waals surface area contributed by atoms with E-state index < -0.39 is 18.9 Å². The molecule has 0 spiro atoms. The summed E-state index contributed by atoms with van der Waals surface area (Å²) in [5.74, 6) is 0. The SMILES string of the molecule is CC1=Cc2c(C)cc(C)cc2[CH]1[Zr+2](=[SiH2])([CH2]c1ccccc1)[CH]1C(C)=Cc2c(C)cc(C)cc21.[Cl-].[Cl-]. The van der Waals surface area contributed by atoms with Gasteiger partial charge in [-0.2, -0.15) is 0 Å². The van der Waals surface area contributed by atoms with E-state index in [1.165, 1.54) is 43.1 Å². The van der Waals surface area contributed by atoms with Gasteiger partial charge in [0.1, 0.15) is 0 Å². The molecule has 0 N–H and O–H groups in total. The zero-order chi connectivity index (χ0) is 23.5. The molecule has 4 heteroatoms. The smallest absolute Gasteiger partial charge is 1.00 e. The fraction of sp³-hybridized carbons (Fsp3) is 0.290. The molecular weight excluding hydrogens is 563 g/mol. The quantitative estimate of drug-likeness (QED) is 0.400. The number of hydrogen-bond donors (Lipinski definition) is 0. The maximum Gasteiger partial charge on any atom is -1.00 e. The van der Waals surface area contributed by atoms with Crippen LogP contribution in [0.15, 0.2) is 65.7 Å². The van der Waals surface area contributed by atoms with Crippen molar-refractivity contribution in [2.24, 2.45) is 0 Å². The first-order valence-corrected chi connectivity index (χ1v) is 22.7. The van der Waals surface area contributed by atoms with E-state index in [2.05, 4.69) is 115 Å². The predicted octanol–water partition coefficient (Wildman–Crippen LogP) is 1.45. The van der Waals surface area contributed by atoms with E-state index >= 15 is 0 Å². The van der Waals surface area contributed by atoms with E-state index in [9.17, 15) is 0 Å². The average Bonchev–Trinajstić information content (AvgIpc) is 3.25. The number of benzene rings is 3. The van der Waals surface area contributed by atoms with Crippen molar-refractivity contribution in [1.82, 2.24) is 0 Å². The minimum absolute atomic E-state index is 0. The van der Waals surface area contributed by atoms with Crippen molar-refractivity contribution in [2.45, 2.75) is 52.9 Å². The van der Waals surface area contributed by atoms with Crippen LogP contribution in [0.2, 0.25) is 0 Å². The van der Waals surface area contributed by atoms with Crippen molar-refractivity contribution in [3.05, 3.63) is 116 Å². The third-order valence-electron chi connectivity index (χ3n) is 7.93. The van der Waals surface area contributed by atoms with Gasteiger partial charge in [-0.15, -0.1) is 0 Å². The molecule has 3 aromatic carbocycles. The van der Waals surface area contributed by atoms with Gasteiger partial charge in [0.05, 0.1) is 0 Å². The molecule has 0 nitrogen and oxygen atoms in total. The molecule has 0 bridgehead atoms. The summed E-state index contributed by atoms with van der Waals surface area (Å²) in [7, 11) is 0. The summed E-state index contributed by atoms with van der Waals surface area (Å²) < 4.78 is 2.51. The van der Waals surface area contributed by atoms with Gasteiger partial charge in [-0.1, -0.05) is 0 Å². The fourth-order valence-corrected chi connectivity index (χ4v) is 28.4. The molecule has 0 fully saturated rings. The van der Waals surface area contributed by atoms with Gasteiger partial charge in [0.2, 0.25) is 0 Å². The minimum Gasteiger partial charge on any atom is -1.00 e. The van der Waals surface area contributed by atoms with E-state index in [-0.39, 0.29) is 24.8 Å². The van der Waals surface area contributed by atoms with Crippen LogP contribution in [-0.4, -0.2) is 6.88 Å². The predicted molar refractivity (Wildman–Crippen MR) is 143 cm³/mol. The number of rotatable bonds is 4. The second-order valence-corrected chi connectivity index (χ2v) is 28.3. The summed E-state index contributed by atoms with van der Waals surface area (Å²) in [6.07, 6.45) is 5.05. The summed E-state index contributed by atoms with van der Waals surface area (Å²) >= 11 is -2.98. The van der Waals surface area contributed by atoms with E-state index in [0.29, 0.717) is 7.25 Å². The van der Waals surface area contributed by atoms with Crippen LogP contribution in [0.4, 0.5) is 0 Å². The molecule has 181 valence electrons. The maximum atomic E-state index is 2.52. The Hall–Kier alpha value is -1.18. The van der Waals surface area contributed by atoms with Crippen molar-refractivity contribution in [3.8, 4) is 0 Å². The summed E-state index contributed by atoms with van der Waals surface area (Å²) in [6.45, 7) is 16.5. The summed E-state index contributed by atoms with van der Waals surface area (Å²) in [5.41, 5.74) is 16.7. The number of fused-ring (bicyclic) bond motifs is 2. The molecule has 2 unspecified atom stereocenters. The first kappa shape index (κ1) is 28.4. The summed E-state index contributed by atoms with van der Waals surface area (Å²) in [5, 5.41) is 0. The van der Waals surface area contributed by atoms with Gasteiger partial charge in [-0.3, -0.25) is 0 Å². The Morgan fingerprint density at radius 3 is 1.51 bits per heavy atom. The molecule has 2 atom stereocenters. The molecule has 2 aliphatic rings. The first-order valence-electron chi connectivity index (χ1n) is 12.2. The Morgan fingerprint density at radius 1 is 0.657 bits per heavy atom. The van der Waals surface area contributed by atoms with Crippen LogP contribution in [0, 0.1) is 27.7 Å². The summed E-state index contributed by atoms with van der Waals surface area (Å²) in [4.78, 5) is 0. The van der Waals surface area contributed by atoms with Crippen LogP contribution < -0.4 is 24.8 Å². The number of aryl methyl sites for hydroxylation is 4. The van der Waals surface area contributed by atoms with Gasteiger partial charge in [0.15, 0.2) is 0 Å². The Labute approximate surface area is 229 Å². The molecular formula is C31H35Cl2SiZr. The molecule has 0 saturated heterocycles. The molecule has 35 heavy (non-hydrogen) atoms. The molecule has 0 aromatic heterocycles. The maximum absolute atomic E-state index is 2.98. The van der Waals surface area contributed by atoms with Crippen LogP contribution in [0.1, 0.15) is 71.2 Å². The van der Waals surface area contributed by atoms with Crippen molar-refractivity contribution in [1.29, 1.82) is 0 Å². The van der Waals surface area contributed by atoms with Crippen molar-refractivity contribution < 1.29 is 43.7 Å². The minimum atomic E-state index is -2.98. The molecule has 5 rings (SSSR count). The van der Waals surface area contributed by atoms with E-state index in [4.69, 9.17) is 0 Å². The van der Waals surface area contributed by atoms with Crippen LogP contribution >= 0.6 is 0 Å². The van der Waals surface area contributed by atoms with E-state index in [1.54, 1.807) is 22.3 Å². The Balaban J connectivity index is 0.00000171. The van der Waals surface area contributed by atoms with Crippen LogP contribution in [-0.2, 0) is 23.0 Å². The van der Waals surface area contributed by atoms with Crippen LogP contribution in [0.5, 0.6) is 0 Å². The van der Waals surface area contributed by atoms with Gasteiger partial charge in [-0.05, 0) is 0 Å². The van der Waals surface area contributed by atoms with Gasteiger partial charge in [0.25, 0.3) is 0 Å². The second-order valence-electron chi connectivity index (χ2n) is 10.7.